The van der Waals surface area contributed by atoms with E-state index < -0.39 is 21.4 Å². The van der Waals surface area contributed by atoms with Gasteiger partial charge in [0.05, 0.1) is 16.0 Å². The molecule has 2 rings (SSSR count). The fourth-order valence-corrected chi connectivity index (χ4v) is 2.93. The zero-order valence-electron chi connectivity index (χ0n) is 14.1. The molecule has 0 saturated heterocycles. The van der Waals surface area contributed by atoms with Gasteiger partial charge in [0.1, 0.15) is 5.75 Å². The molecule has 0 radical (unpaired) electrons. The zero-order chi connectivity index (χ0) is 18.7. The first-order chi connectivity index (χ1) is 11.6. The van der Waals surface area contributed by atoms with E-state index in [1.165, 1.54) is 36.4 Å². The summed E-state index contributed by atoms with van der Waals surface area (Å²) in [6.07, 6.45) is 0.576. The Morgan fingerprint density at radius 3 is 2.20 bits per heavy atom. The average Bonchev–Trinajstić information content (AvgIpc) is 2.54. The fraction of sp³-hybridized carbons (Fsp3) is 0.222. The largest absolute Gasteiger partial charge is 0.426 e. The minimum absolute atomic E-state index is 0.0104. The Balaban J connectivity index is 2.20. The minimum Gasteiger partial charge on any atom is -0.426 e. The summed E-state index contributed by atoms with van der Waals surface area (Å²) in [4.78, 5) is 22.8. The first-order valence-electron chi connectivity index (χ1n) is 7.53. The molecule has 7 heteroatoms. The molecule has 0 aliphatic rings. The van der Waals surface area contributed by atoms with Crippen LogP contribution in [0, 0.1) is 5.41 Å². The molecular weight excluding hydrogens is 342 g/mol. The predicted molar refractivity (Wildman–Crippen MR) is 94.2 cm³/mol. The molecule has 132 valence electrons. The van der Waals surface area contributed by atoms with E-state index in [9.17, 15) is 18.0 Å². The van der Waals surface area contributed by atoms with Crippen LogP contribution in [0.2, 0.25) is 0 Å². The number of hydrogen-bond donors (Lipinski definition) is 1. The number of benzene rings is 2. The third-order valence-corrected chi connectivity index (χ3v) is 4.67. The number of rotatable bonds is 5. The van der Waals surface area contributed by atoms with Crippen LogP contribution in [-0.2, 0) is 14.8 Å². The van der Waals surface area contributed by atoms with Crippen LogP contribution in [0.25, 0.3) is 0 Å². The van der Waals surface area contributed by atoms with Gasteiger partial charge in [-0.3, -0.25) is 14.3 Å². The normalized spacial score (nSPS) is 11.6. The van der Waals surface area contributed by atoms with Crippen LogP contribution in [-0.4, -0.2) is 20.7 Å². The fourth-order valence-electron chi connectivity index (χ4n) is 1.84. The van der Waals surface area contributed by atoms with Gasteiger partial charge in [0, 0.05) is 5.56 Å². The van der Waals surface area contributed by atoms with Crippen molar-refractivity contribution >= 4 is 28.0 Å². The second-order valence-corrected chi connectivity index (χ2v) is 8.10. The lowest BCUT2D eigenvalue weighted by molar-refractivity contribution is -0.143. The zero-order valence-corrected chi connectivity index (χ0v) is 15.0. The maximum absolute atomic E-state index is 12.4. The van der Waals surface area contributed by atoms with E-state index in [4.69, 9.17) is 4.74 Å². The van der Waals surface area contributed by atoms with Crippen LogP contribution in [0.1, 0.15) is 31.1 Å². The van der Waals surface area contributed by atoms with Crippen molar-refractivity contribution in [2.75, 3.05) is 4.72 Å². The highest BCUT2D eigenvalue weighted by molar-refractivity contribution is 7.92. The lowest BCUT2D eigenvalue weighted by atomic mass is 9.97. The van der Waals surface area contributed by atoms with Crippen molar-refractivity contribution in [1.82, 2.24) is 0 Å². The first kappa shape index (κ1) is 18.7. The van der Waals surface area contributed by atoms with E-state index in [0.29, 0.717) is 6.29 Å². The molecule has 0 aliphatic heterocycles. The SMILES string of the molecule is CC(C)(C)C(=O)Oc1ccc(S(=O)(=O)Nc2ccccc2C=O)cc1. The Bertz CT molecular complexity index is 880. The maximum Gasteiger partial charge on any atom is 0.316 e. The second kappa shape index (κ2) is 7.06. The molecule has 2 aromatic rings. The first-order valence-corrected chi connectivity index (χ1v) is 9.01. The molecule has 6 nitrogen and oxygen atoms in total. The molecule has 0 heterocycles. The van der Waals surface area contributed by atoms with Crippen LogP contribution in [0.3, 0.4) is 0 Å². The highest BCUT2D eigenvalue weighted by atomic mass is 32.2. The van der Waals surface area contributed by atoms with Crippen LogP contribution >= 0.6 is 0 Å². The summed E-state index contributed by atoms with van der Waals surface area (Å²) in [5.74, 6) is -0.159. The van der Waals surface area contributed by atoms with Gasteiger partial charge in [-0.05, 0) is 57.2 Å². The molecular formula is C18H19NO5S. The molecule has 1 N–H and O–H groups in total. The number of ether oxygens (including phenoxy) is 1. The molecule has 0 saturated carbocycles. The van der Waals surface area contributed by atoms with Gasteiger partial charge < -0.3 is 4.74 Å². The van der Waals surface area contributed by atoms with Crippen molar-refractivity contribution in [3.05, 3.63) is 54.1 Å². The lowest BCUT2D eigenvalue weighted by Crippen LogP contribution is -2.25. The molecule has 0 spiro atoms. The molecule has 0 atom stereocenters. The Kier molecular flexibility index (Phi) is 5.27. The smallest absolute Gasteiger partial charge is 0.316 e. The molecule has 25 heavy (non-hydrogen) atoms. The van der Waals surface area contributed by atoms with Gasteiger partial charge in [-0.1, -0.05) is 12.1 Å². The van der Waals surface area contributed by atoms with Crippen molar-refractivity contribution in [2.24, 2.45) is 5.41 Å². The molecule has 2 aromatic carbocycles. The molecule has 0 bridgehead atoms. The van der Waals surface area contributed by atoms with Crippen LogP contribution in [0.5, 0.6) is 5.75 Å². The van der Waals surface area contributed by atoms with Gasteiger partial charge in [0.25, 0.3) is 10.0 Å². The molecule has 0 amide bonds. The van der Waals surface area contributed by atoms with Crippen molar-refractivity contribution < 1.29 is 22.7 Å². The van der Waals surface area contributed by atoms with E-state index in [1.807, 2.05) is 0 Å². The number of esters is 1. The highest BCUT2D eigenvalue weighted by Gasteiger charge is 2.24. The number of para-hydroxylation sites is 1. The highest BCUT2D eigenvalue weighted by Crippen LogP contribution is 2.23. The Hall–Kier alpha value is -2.67. The van der Waals surface area contributed by atoms with Gasteiger partial charge in [-0.2, -0.15) is 0 Å². The van der Waals surface area contributed by atoms with Crippen molar-refractivity contribution in [3.8, 4) is 5.75 Å². The van der Waals surface area contributed by atoms with Gasteiger partial charge in [-0.25, -0.2) is 8.42 Å². The monoisotopic (exact) mass is 361 g/mol. The number of hydrogen-bond acceptors (Lipinski definition) is 5. The lowest BCUT2D eigenvalue weighted by Gasteiger charge is -2.16. The second-order valence-electron chi connectivity index (χ2n) is 6.42. The topological polar surface area (TPSA) is 89.5 Å². The van der Waals surface area contributed by atoms with E-state index >= 15 is 0 Å². The third-order valence-electron chi connectivity index (χ3n) is 3.29. The summed E-state index contributed by atoms with van der Waals surface area (Å²) in [5, 5.41) is 0. The quantitative estimate of drug-likeness (QED) is 0.502. The van der Waals surface area contributed by atoms with Gasteiger partial charge in [0.2, 0.25) is 0 Å². The number of sulfonamides is 1. The Labute approximate surface area is 146 Å². The number of nitrogens with one attached hydrogen (secondary N) is 1. The number of anilines is 1. The minimum atomic E-state index is -3.87. The van der Waals surface area contributed by atoms with Crippen molar-refractivity contribution in [1.29, 1.82) is 0 Å². The summed E-state index contributed by atoms with van der Waals surface area (Å²) in [7, 11) is -3.87. The van der Waals surface area contributed by atoms with E-state index in [1.54, 1.807) is 32.9 Å². The van der Waals surface area contributed by atoms with Crippen LogP contribution in [0.4, 0.5) is 5.69 Å². The summed E-state index contributed by atoms with van der Waals surface area (Å²) >= 11 is 0. The Morgan fingerprint density at radius 2 is 1.64 bits per heavy atom. The maximum atomic E-state index is 12.4. The number of carbonyl (C=O) groups is 2. The van der Waals surface area contributed by atoms with Crippen molar-refractivity contribution in [2.45, 2.75) is 25.7 Å². The van der Waals surface area contributed by atoms with Gasteiger partial charge in [0.15, 0.2) is 6.29 Å². The van der Waals surface area contributed by atoms with Crippen LogP contribution in [0.15, 0.2) is 53.4 Å². The molecule has 0 aromatic heterocycles. The van der Waals surface area contributed by atoms with E-state index in [-0.39, 0.29) is 21.9 Å². The summed E-state index contributed by atoms with van der Waals surface area (Å²) in [6.45, 7) is 5.17. The van der Waals surface area contributed by atoms with Gasteiger partial charge >= 0.3 is 5.97 Å². The molecule has 0 aliphatic carbocycles. The predicted octanol–water partition coefficient (Wildman–Crippen LogP) is 3.25. The average molecular weight is 361 g/mol. The number of carbonyl (C=O) groups excluding carboxylic acids is 2. The molecule has 0 unspecified atom stereocenters. The van der Waals surface area contributed by atoms with E-state index in [2.05, 4.69) is 4.72 Å². The Morgan fingerprint density at radius 1 is 1.04 bits per heavy atom. The molecule has 0 fully saturated rings. The summed E-state index contributed by atoms with van der Waals surface area (Å²) in [6, 6.07) is 11.8. The van der Waals surface area contributed by atoms with Crippen molar-refractivity contribution in [3.63, 3.8) is 0 Å². The van der Waals surface area contributed by atoms with Crippen LogP contribution < -0.4 is 9.46 Å². The summed E-state index contributed by atoms with van der Waals surface area (Å²) in [5.41, 5.74) is -0.229. The van der Waals surface area contributed by atoms with Gasteiger partial charge in [-0.15, -0.1) is 0 Å². The summed E-state index contributed by atoms with van der Waals surface area (Å²) < 4.78 is 32.4. The third kappa shape index (κ3) is 4.67. The van der Waals surface area contributed by atoms with E-state index in [0.717, 1.165) is 0 Å². The standard InChI is InChI=1S/C18H19NO5S/c1-18(2,3)17(21)24-14-8-10-15(11-9-14)25(22,23)19-16-7-5-4-6-13(16)12-20/h4-12,19H,1-3H3. The number of aldehydes is 1.